The first-order valence-corrected chi connectivity index (χ1v) is 7.23. The van der Waals surface area contributed by atoms with Crippen LogP contribution in [0.25, 0.3) is 11.4 Å². The highest BCUT2D eigenvalue weighted by Gasteiger charge is 2.10. The predicted octanol–water partition coefficient (Wildman–Crippen LogP) is 3.31. The number of ether oxygens (including phenoxy) is 1. The molecule has 0 aliphatic heterocycles. The number of halogens is 1. The molecular formula is C17H19FN4O. The minimum atomic E-state index is -0.422. The standard InChI is InChI=1S/C17H19FN4O/c1-11(2)15(20)5-6-23-16-7-13(18)3-4-14(16)17-21-9-12(8-19)10-22-17/h3-7,9-11,20H,8,19H2,1-2H3/b6-5+,20-15?. The fourth-order valence-corrected chi connectivity index (χ4v) is 1.75. The van der Waals surface area contributed by atoms with Gasteiger partial charge in [-0.2, -0.15) is 0 Å². The summed E-state index contributed by atoms with van der Waals surface area (Å²) in [6.45, 7) is 4.17. The quantitative estimate of drug-likeness (QED) is 0.633. The lowest BCUT2D eigenvalue weighted by atomic mass is 10.1. The number of hydrogen-bond donors (Lipinski definition) is 2. The van der Waals surface area contributed by atoms with Crippen LogP contribution in [0.15, 0.2) is 42.9 Å². The van der Waals surface area contributed by atoms with Crippen LogP contribution in [0.3, 0.4) is 0 Å². The molecule has 23 heavy (non-hydrogen) atoms. The molecule has 120 valence electrons. The molecule has 0 spiro atoms. The number of hydrogen-bond acceptors (Lipinski definition) is 5. The molecule has 1 aromatic heterocycles. The molecule has 0 radical (unpaired) electrons. The summed E-state index contributed by atoms with van der Waals surface area (Å²) in [7, 11) is 0. The zero-order valence-corrected chi connectivity index (χ0v) is 13.1. The topological polar surface area (TPSA) is 84.9 Å². The number of nitrogens with zero attached hydrogens (tertiary/aromatic N) is 2. The average molecular weight is 314 g/mol. The van der Waals surface area contributed by atoms with Crippen molar-refractivity contribution in [3.63, 3.8) is 0 Å². The Hall–Kier alpha value is -2.60. The number of benzene rings is 1. The Labute approximate surface area is 134 Å². The first kappa shape index (κ1) is 16.8. The van der Waals surface area contributed by atoms with E-state index in [9.17, 15) is 4.39 Å². The summed E-state index contributed by atoms with van der Waals surface area (Å²) in [6.07, 6.45) is 6.16. The highest BCUT2D eigenvalue weighted by Crippen LogP contribution is 2.28. The molecule has 3 N–H and O–H groups in total. The van der Waals surface area contributed by atoms with Crippen LogP contribution in [0.5, 0.6) is 5.75 Å². The lowest BCUT2D eigenvalue weighted by Gasteiger charge is -2.08. The van der Waals surface area contributed by atoms with Gasteiger partial charge < -0.3 is 15.9 Å². The van der Waals surface area contributed by atoms with Gasteiger partial charge in [0, 0.05) is 36.3 Å². The van der Waals surface area contributed by atoms with Crippen molar-refractivity contribution in [3.05, 3.63) is 54.3 Å². The molecule has 6 heteroatoms. The number of nitrogens with two attached hydrogens (primary N) is 1. The third kappa shape index (κ3) is 4.43. The second-order valence-corrected chi connectivity index (χ2v) is 5.29. The van der Waals surface area contributed by atoms with E-state index in [1.165, 1.54) is 24.5 Å². The lowest BCUT2D eigenvalue weighted by molar-refractivity contribution is 0.477. The molecule has 0 bridgehead atoms. The van der Waals surface area contributed by atoms with Crippen LogP contribution < -0.4 is 10.5 Å². The van der Waals surface area contributed by atoms with Gasteiger partial charge >= 0.3 is 0 Å². The second-order valence-electron chi connectivity index (χ2n) is 5.29. The van der Waals surface area contributed by atoms with E-state index in [0.717, 1.165) is 5.56 Å². The molecule has 0 fully saturated rings. The Balaban J connectivity index is 2.28. The predicted molar refractivity (Wildman–Crippen MR) is 87.7 cm³/mol. The molecular weight excluding hydrogens is 295 g/mol. The van der Waals surface area contributed by atoms with E-state index in [-0.39, 0.29) is 5.92 Å². The maximum absolute atomic E-state index is 13.5. The van der Waals surface area contributed by atoms with Crippen molar-refractivity contribution in [1.29, 1.82) is 5.41 Å². The summed E-state index contributed by atoms with van der Waals surface area (Å²) in [5, 5.41) is 7.74. The van der Waals surface area contributed by atoms with Crippen LogP contribution in [-0.4, -0.2) is 15.7 Å². The highest BCUT2D eigenvalue weighted by molar-refractivity contribution is 5.93. The van der Waals surface area contributed by atoms with E-state index >= 15 is 0 Å². The van der Waals surface area contributed by atoms with Crippen molar-refractivity contribution in [3.8, 4) is 17.1 Å². The van der Waals surface area contributed by atoms with E-state index in [0.29, 0.717) is 29.4 Å². The molecule has 0 aliphatic carbocycles. The summed E-state index contributed by atoms with van der Waals surface area (Å²) in [5.74, 6) is 0.381. The van der Waals surface area contributed by atoms with Gasteiger partial charge in [0.05, 0.1) is 11.8 Å². The Morgan fingerprint density at radius 3 is 2.65 bits per heavy atom. The maximum Gasteiger partial charge on any atom is 0.162 e. The summed E-state index contributed by atoms with van der Waals surface area (Å²) in [5.41, 5.74) is 7.32. The number of aromatic nitrogens is 2. The van der Waals surface area contributed by atoms with Crippen molar-refractivity contribution in [1.82, 2.24) is 9.97 Å². The Kier molecular flexibility index (Phi) is 5.54. The summed E-state index contributed by atoms with van der Waals surface area (Å²) < 4.78 is 19.0. The van der Waals surface area contributed by atoms with Crippen LogP contribution in [0.1, 0.15) is 19.4 Å². The average Bonchev–Trinajstić information content (AvgIpc) is 2.55. The van der Waals surface area contributed by atoms with Gasteiger partial charge in [0.1, 0.15) is 11.6 Å². The van der Waals surface area contributed by atoms with Crippen LogP contribution >= 0.6 is 0 Å². The molecule has 1 heterocycles. The van der Waals surface area contributed by atoms with Crippen molar-refractivity contribution >= 4 is 5.71 Å². The molecule has 1 aromatic carbocycles. The van der Waals surface area contributed by atoms with Crippen molar-refractivity contribution in [2.24, 2.45) is 11.7 Å². The van der Waals surface area contributed by atoms with Gasteiger partial charge in [0.25, 0.3) is 0 Å². The smallest absolute Gasteiger partial charge is 0.162 e. The van der Waals surface area contributed by atoms with Crippen molar-refractivity contribution in [2.45, 2.75) is 20.4 Å². The van der Waals surface area contributed by atoms with Crippen LogP contribution in [0.2, 0.25) is 0 Å². The van der Waals surface area contributed by atoms with Gasteiger partial charge in [-0.25, -0.2) is 14.4 Å². The number of nitrogens with one attached hydrogen (secondary N) is 1. The van der Waals surface area contributed by atoms with E-state index in [2.05, 4.69) is 9.97 Å². The largest absolute Gasteiger partial charge is 0.464 e. The normalized spacial score (nSPS) is 11.2. The maximum atomic E-state index is 13.5. The first-order chi connectivity index (χ1) is 11.0. The van der Waals surface area contributed by atoms with Crippen molar-refractivity contribution in [2.75, 3.05) is 0 Å². The summed E-state index contributed by atoms with van der Waals surface area (Å²) in [4.78, 5) is 8.44. The Morgan fingerprint density at radius 2 is 2.04 bits per heavy atom. The van der Waals surface area contributed by atoms with Gasteiger partial charge in [-0.15, -0.1) is 0 Å². The molecule has 5 nitrogen and oxygen atoms in total. The fourth-order valence-electron chi connectivity index (χ4n) is 1.75. The second kappa shape index (κ2) is 7.60. The molecule has 2 aromatic rings. The van der Waals surface area contributed by atoms with Gasteiger partial charge in [0.2, 0.25) is 0 Å². The van der Waals surface area contributed by atoms with E-state index < -0.39 is 5.82 Å². The molecule has 2 rings (SSSR count). The molecule has 0 amide bonds. The van der Waals surface area contributed by atoms with Crippen LogP contribution in [0, 0.1) is 17.1 Å². The third-order valence-corrected chi connectivity index (χ3v) is 3.19. The van der Waals surface area contributed by atoms with E-state index in [1.54, 1.807) is 18.5 Å². The number of rotatable bonds is 6. The third-order valence-electron chi connectivity index (χ3n) is 3.19. The zero-order valence-electron chi connectivity index (χ0n) is 13.1. The summed E-state index contributed by atoms with van der Waals surface area (Å²) >= 11 is 0. The summed E-state index contributed by atoms with van der Waals surface area (Å²) in [6, 6.07) is 4.14. The van der Waals surface area contributed by atoms with Crippen molar-refractivity contribution < 1.29 is 9.13 Å². The highest BCUT2D eigenvalue weighted by atomic mass is 19.1. The molecule has 0 saturated carbocycles. The number of allylic oxidation sites excluding steroid dienone is 1. The molecule has 0 aliphatic rings. The van der Waals surface area contributed by atoms with E-state index in [4.69, 9.17) is 15.9 Å². The lowest BCUT2D eigenvalue weighted by Crippen LogP contribution is -2.02. The van der Waals surface area contributed by atoms with Crippen LogP contribution in [-0.2, 0) is 6.54 Å². The van der Waals surface area contributed by atoms with Gasteiger partial charge in [-0.3, -0.25) is 0 Å². The van der Waals surface area contributed by atoms with Gasteiger partial charge in [-0.1, -0.05) is 13.8 Å². The first-order valence-electron chi connectivity index (χ1n) is 7.23. The van der Waals surface area contributed by atoms with Gasteiger partial charge in [0.15, 0.2) is 5.82 Å². The minimum Gasteiger partial charge on any atom is -0.464 e. The Morgan fingerprint density at radius 1 is 1.35 bits per heavy atom. The monoisotopic (exact) mass is 314 g/mol. The molecule has 0 saturated heterocycles. The zero-order chi connectivity index (χ0) is 16.8. The van der Waals surface area contributed by atoms with Gasteiger partial charge in [-0.05, 0) is 24.1 Å². The molecule has 0 atom stereocenters. The molecule has 0 unspecified atom stereocenters. The minimum absolute atomic E-state index is 0.0916. The van der Waals surface area contributed by atoms with Crippen LogP contribution in [0.4, 0.5) is 4.39 Å². The van der Waals surface area contributed by atoms with E-state index in [1.807, 2.05) is 13.8 Å². The Bertz CT molecular complexity index is 711. The SMILES string of the molecule is CC(C)C(=N)/C=C/Oc1cc(F)ccc1-c1ncc(CN)cn1. The fraction of sp³-hybridized carbons (Fsp3) is 0.235.